The summed E-state index contributed by atoms with van der Waals surface area (Å²) in [6.45, 7) is 0. The van der Waals surface area contributed by atoms with Crippen molar-refractivity contribution >= 4 is 39.6 Å². The van der Waals surface area contributed by atoms with Gasteiger partial charge in [-0.2, -0.15) is 0 Å². The van der Waals surface area contributed by atoms with Crippen LogP contribution in [0.5, 0.6) is 0 Å². The van der Waals surface area contributed by atoms with E-state index >= 15 is 0 Å². The quantitative estimate of drug-likeness (QED) is 0.484. The summed E-state index contributed by atoms with van der Waals surface area (Å²) in [5.41, 5.74) is 0. The first kappa shape index (κ1) is 18.0. The van der Waals surface area contributed by atoms with Gasteiger partial charge in [-0.05, 0) is 0 Å². The summed E-state index contributed by atoms with van der Waals surface area (Å²) in [5, 5.41) is 8.55. The molecule has 0 aromatic heterocycles. The van der Waals surface area contributed by atoms with Crippen molar-refractivity contribution in [3.8, 4) is 0 Å². The first-order valence-electron chi connectivity index (χ1n) is 2.42. The molecular formula is C3H5AlO6P2. The van der Waals surface area contributed by atoms with Gasteiger partial charge in [0, 0.05) is 0 Å². The van der Waals surface area contributed by atoms with Crippen LogP contribution in [0.3, 0.4) is 0 Å². The summed E-state index contributed by atoms with van der Waals surface area (Å²) in [6, 6.07) is 0. The third-order valence-corrected chi connectivity index (χ3v) is 0.647. The molecule has 1 N–H and O–H groups in total. The van der Waals surface area contributed by atoms with Crippen LogP contribution < -0.4 is 9.79 Å². The average molecular weight is 226 g/mol. The molecule has 0 aromatic carbocycles. The van der Waals surface area contributed by atoms with Crippen molar-refractivity contribution in [1.29, 1.82) is 0 Å². The smallest absolute Gasteiger partial charge is 0.0642 e. The molecule has 0 fully saturated rings. The van der Waals surface area contributed by atoms with E-state index < -0.39 is 23.3 Å². The van der Waals surface area contributed by atoms with Gasteiger partial charge in [0.1, 0.15) is 0 Å². The first-order chi connectivity index (χ1) is 5.60. The molecule has 0 heterocycles. The Kier molecular flexibility index (Phi) is 33.7. The molecule has 6 nitrogen and oxygen atoms in total. The van der Waals surface area contributed by atoms with E-state index in [4.69, 9.17) is 24.0 Å². The zero-order valence-corrected chi connectivity index (χ0v) is 8.82. The number of carboxylic acid groups (broad SMARTS) is 1. The molecule has 0 radical (unpaired) electrons. The van der Waals surface area contributed by atoms with Crippen LogP contribution in [0.25, 0.3) is 0 Å². The summed E-state index contributed by atoms with van der Waals surface area (Å²) in [7, 11) is -2.17. The Labute approximate surface area is 80.6 Å². The maximum absolute atomic E-state index is 9.59. The molecule has 0 spiro atoms. The van der Waals surface area contributed by atoms with E-state index in [2.05, 4.69) is 16.3 Å². The van der Waals surface area contributed by atoms with Gasteiger partial charge >= 0.3 is 43.9 Å². The number of hydrogen-bond acceptors (Lipinski definition) is 5. The van der Waals surface area contributed by atoms with Gasteiger partial charge in [0.25, 0.3) is 0 Å². The van der Waals surface area contributed by atoms with Gasteiger partial charge in [-0.25, -0.2) is 0 Å². The topological polar surface area (TPSA) is 118 Å². The maximum Gasteiger partial charge on any atom is 0.0642 e. The number of rotatable bonds is 2. The second kappa shape index (κ2) is 22.5. The fourth-order valence-corrected chi connectivity index (χ4v) is 0.370. The van der Waals surface area contributed by atoms with Crippen LogP contribution >= 0.6 is 17.4 Å². The van der Waals surface area contributed by atoms with Crippen LogP contribution in [0, 0.1) is 0 Å². The van der Waals surface area contributed by atoms with Crippen LogP contribution in [-0.4, -0.2) is 27.4 Å². The van der Waals surface area contributed by atoms with Crippen molar-refractivity contribution in [3.05, 3.63) is 0 Å². The van der Waals surface area contributed by atoms with E-state index in [1.54, 1.807) is 0 Å². The summed E-state index contributed by atoms with van der Waals surface area (Å²) in [6.07, 6.45) is 0.255. The Bertz CT molecular complexity index is 113. The predicted octanol–water partition coefficient (Wildman–Crippen LogP) is -0.845. The van der Waals surface area contributed by atoms with Gasteiger partial charge < -0.3 is 9.79 Å². The fraction of sp³-hybridized carbons (Fsp3) is 0.667. The second-order valence-electron chi connectivity index (χ2n) is 1.08. The summed E-state index contributed by atoms with van der Waals surface area (Å²) in [5.74, 6) is -0.731. The predicted molar refractivity (Wildman–Crippen MR) is 38.0 cm³/mol. The molecule has 0 saturated carbocycles. The van der Waals surface area contributed by atoms with Crippen molar-refractivity contribution in [1.82, 2.24) is 0 Å². The Morgan fingerprint density at radius 2 is 1.58 bits per heavy atom. The van der Waals surface area contributed by atoms with E-state index in [0.29, 0.717) is 5.28 Å². The van der Waals surface area contributed by atoms with E-state index in [1.807, 2.05) is 0 Å². The van der Waals surface area contributed by atoms with Crippen molar-refractivity contribution < 1.29 is 28.8 Å². The van der Waals surface area contributed by atoms with E-state index in [9.17, 15) is 4.79 Å². The van der Waals surface area contributed by atoms with Gasteiger partial charge in [-0.1, -0.05) is 0 Å². The van der Waals surface area contributed by atoms with Crippen LogP contribution in [0.1, 0.15) is 6.42 Å². The summed E-state index contributed by atoms with van der Waals surface area (Å²) < 4.78 is 16.7. The largest absolute Gasteiger partial charge is 0.772 e. The van der Waals surface area contributed by atoms with Gasteiger partial charge in [0.05, 0.1) is 17.4 Å². The van der Waals surface area contributed by atoms with Crippen molar-refractivity contribution in [2.45, 2.75) is 11.7 Å². The molecule has 0 bridgehead atoms. The minimum absolute atomic E-state index is 0.255. The minimum atomic E-state index is -1.08. The van der Waals surface area contributed by atoms with Gasteiger partial charge in [-0.3, -0.25) is 9.13 Å². The fourth-order valence-electron chi connectivity index (χ4n) is 0.123. The van der Waals surface area contributed by atoms with Gasteiger partial charge in [0.2, 0.25) is 0 Å². The molecule has 0 rings (SSSR count). The molecule has 0 aliphatic heterocycles. The zero-order valence-electron chi connectivity index (χ0n) is 5.87. The molecule has 0 amide bonds. The molecule has 12 heavy (non-hydrogen) atoms. The molecular weight excluding hydrogens is 221 g/mol. The first-order valence-corrected chi connectivity index (χ1v) is 4.70. The maximum atomic E-state index is 9.59. The Morgan fingerprint density at radius 3 is 1.58 bits per heavy atom. The molecule has 0 unspecified atom stereocenters. The van der Waals surface area contributed by atoms with Crippen LogP contribution in [0.15, 0.2) is 0 Å². The molecule has 0 saturated heterocycles. The number of carboxylic acids is 1. The second-order valence-corrected chi connectivity index (χ2v) is 1.96. The molecule has 9 heteroatoms. The molecule has 66 valence electrons. The standard InChI is InChI=1S/C3H5O2.Al.2HO2P/c1-2-3(4)5;;2*1-3-2/h1-2H2,(H,4,5);;2*(H,1,2)/q;+2;;/p-2. The van der Waals surface area contributed by atoms with Crippen LogP contribution in [0.4, 0.5) is 0 Å². The Hall–Kier alpha value is 0.122. The average Bonchev–Trinajstić information content (AvgIpc) is 1.89. The number of aliphatic carboxylic acids is 1. The van der Waals surface area contributed by atoms with Crippen molar-refractivity contribution in [3.63, 3.8) is 0 Å². The zero-order chi connectivity index (χ0) is 10.4. The minimum Gasteiger partial charge on any atom is -0.772 e. The van der Waals surface area contributed by atoms with Crippen LogP contribution in [0.2, 0.25) is 5.28 Å². The van der Waals surface area contributed by atoms with Crippen molar-refractivity contribution in [2.75, 3.05) is 0 Å². The Balaban J connectivity index is -0.000000115. The normalized spacial score (nSPS) is 7.67. The van der Waals surface area contributed by atoms with E-state index in [1.165, 1.54) is 0 Å². The molecule has 0 aliphatic carbocycles. The third-order valence-electron chi connectivity index (χ3n) is 0.358. The monoisotopic (exact) mass is 226 g/mol. The number of carbonyl (C=O) groups is 1. The van der Waals surface area contributed by atoms with Crippen LogP contribution in [-0.2, 0) is 13.9 Å². The van der Waals surface area contributed by atoms with E-state index in [0.717, 1.165) is 0 Å². The van der Waals surface area contributed by atoms with Gasteiger partial charge in [0.15, 0.2) is 0 Å². The van der Waals surface area contributed by atoms with E-state index in [-0.39, 0.29) is 6.42 Å². The summed E-state index contributed by atoms with van der Waals surface area (Å²) >= 11 is 2.34. The SMILES string of the molecule is O=C(O)C[CH2][Al+2].O=P[O-].O=P[O-]. The molecule has 0 aliphatic rings. The van der Waals surface area contributed by atoms with Gasteiger partial charge in [-0.15, -0.1) is 0 Å². The molecule has 0 aromatic rings. The van der Waals surface area contributed by atoms with Crippen molar-refractivity contribution in [2.24, 2.45) is 0 Å². The summed E-state index contributed by atoms with van der Waals surface area (Å²) in [4.78, 5) is 26.3. The third kappa shape index (κ3) is 86.4. The molecule has 0 atom stereocenters. The number of hydrogen-bond donors (Lipinski definition) is 1. The Morgan fingerprint density at radius 1 is 1.33 bits per heavy atom.